The van der Waals surface area contributed by atoms with Crippen molar-refractivity contribution in [3.63, 3.8) is 0 Å². The van der Waals surface area contributed by atoms with Crippen molar-refractivity contribution >= 4 is 17.4 Å². The van der Waals surface area contributed by atoms with Crippen LogP contribution >= 0.6 is 11.6 Å². The molecule has 0 saturated heterocycles. The Morgan fingerprint density at radius 3 is 2.36 bits per heavy atom. The smallest absolute Gasteiger partial charge is 0.272 e. The largest absolute Gasteiger partial charge is 0.286 e. The summed E-state index contributed by atoms with van der Waals surface area (Å²) in [6.07, 6.45) is 0. The zero-order valence-electron chi connectivity index (χ0n) is 7.44. The third-order valence-electron chi connectivity index (χ3n) is 1.82. The first-order valence-electron chi connectivity index (χ1n) is 3.95. The first-order valence-corrected chi connectivity index (χ1v) is 4.33. The molecule has 1 rings (SSSR count). The van der Waals surface area contributed by atoms with Crippen LogP contribution in [-0.4, -0.2) is 16.7 Å². The first kappa shape index (κ1) is 10.7. The zero-order valence-corrected chi connectivity index (χ0v) is 8.19. The summed E-state index contributed by atoms with van der Waals surface area (Å²) in [5.41, 5.74) is 0.304. The van der Waals surface area contributed by atoms with Gasteiger partial charge in [-0.25, -0.2) is 0 Å². The highest BCUT2D eigenvalue weighted by Crippen LogP contribution is 2.11. The maximum absolute atomic E-state index is 11.4. The molecule has 0 spiro atoms. The fraction of sp³-hybridized carbons (Fsp3) is 0.222. The number of nitrogens with zero attached hydrogens (tertiary/aromatic N) is 1. The average Bonchev–Trinajstić information content (AvgIpc) is 2.16. The highest BCUT2D eigenvalue weighted by Gasteiger charge is 2.24. The Bertz CT molecular complexity index is 361. The standard InChI is InChI=1S/C9H8ClNO3/c1-6(11(13)14)9(12)7-2-4-8(10)5-3-7/h2-6H,1H3. The molecule has 0 saturated carbocycles. The topological polar surface area (TPSA) is 60.2 Å². The van der Waals surface area contributed by atoms with E-state index in [1.54, 1.807) is 0 Å². The fourth-order valence-corrected chi connectivity index (χ4v) is 1.08. The van der Waals surface area contributed by atoms with E-state index in [1.165, 1.54) is 31.2 Å². The molecule has 1 aromatic carbocycles. The van der Waals surface area contributed by atoms with Gasteiger partial charge in [-0.1, -0.05) is 11.6 Å². The number of nitro groups is 1. The summed E-state index contributed by atoms with van der Waals surface area (Å²) in [6.45, 7) is 1.26. The van der Waals surface area contributed by atoms with Gasteiger partial charge in [-0.15, -0.1) is 0 Å². The molecule has 14 heavy (non-hydrogen) atoms. The number of carbonyl (C=O) groups excluding carboxylic acids is 1. The molecule has 5 heteroatoms. The maximum Gasteiger partial charge on any atom is 0.272 e. The molecule has 1 unspecified atom stereocenters. The normalized spacial score (nSPS) is 12.1. The van der Waals surface area contributed by atoms with Gasteiger partial charge in [0.2, 0.25) is 5.78 Å². The van der Waals surface area contributed by atoms with E-state index in [4.69, 9.17) is 11.6 Å². The molecule has 0 fully saturated rings. The molecule has 0 aliphatic carbocycles. The van der Waals surface area contributed by atoms with Crippen molar-refractivity contribution in [3.8, 4) is 0 Å². The summed E-state index contributed by atoms with van der Waals surface area (Å²) < 4.78 is 0. The van der Waals surface area contributed by atoms with Crippen LogP contribution in [0.1, 0.15) is 17.3 Å². The predicted octanol–water partition coefficient (Wildman–Crippen LogP) is 2.19. The number of carbonyl (C=O) groups is 1. The van der Waals surface area contributed by atoms with Crippen molar-refractivity contribution in [1.29, 1.82) is 0 Å². The van der Waals surface area contributed by atoms with Gasteiger partial charge in [-0.05, 0) is 24.3 Å². The summed E-state index contributed by atoms with van der Waals surface area (Å²) in [6, 6.07) is 4.80. The molecule has 0 aromatic heterocycles. The van der Waals surface area contributed by atoms with E-state index in [0.29, 0.717) is 10.6 Å². The lowest BCUT2D eigenvalue weighted by Gasteiger charge is -2.02. The Morgan fingerprint density at radius 1 is 1.43 bits per heavy atom. The summed E-state index contributed by atoms with van der Waals surface area (Å²) in [4.78, 5) is 21.1. The van der Waals surface area contributed by atoms with Gasteiger partial charge in [-0.3, -0.25) is 14.9 Å². The SMILES string of the molecule is CC(C(=O)c1ccc(Cl)cc1)[N+](=O)[O-]. The second kappa shape index (κ2) is 4.19. The van der Waals surface area contributed by atoms with Crippen LogP contribution < -0.4 is 0 Å². The van der Waals surface area contributed by atoms with Gasteiger partial charge >= 0.3 is 0 Å². The summed E-state index contributed by atoms with van der Waals surface area (Å²) in [7, 11) is 0. The molecule has 0 amide bonds. The van der Waals surface area contributed by atoms with Crippen LogP contribution in [0.2, 0.25) is 5.02 Å². The van der Waals surface area contributed by atoms with E-state index in [9.17, 15) is 14.9 Å². The molecule has 74 valence electrons. The number of Topliss-reactive ketones (excluding diaryl/α,β-unsaturated/α-hetero) is 1. The Kier molecular flexibility index (Phi) is 3.19. The highest BCUT2D eigenvalue weighted by molar-refractivity contribution is 6.30. The third kappa shape index (κ3) is 2.29. The molecule has 0 aliphatic rings. The Morgan fingerprint density at radius 2 is 1.93 bits per heavy atom. The third-order valence-corrected chi connectivity index (χ3v) is 2.08. The molecular formula is C9H8ClNO3. The molecule has 0 heterocycles. The second-order valence-electron chi connectivity index (χ2n) is 2.83. The maximum atomic E-state index is 11.4. The second-order valence-corrected chi connectivity index (χ2v) is 3.27. The zero-order chi connectivity index (χ0) is 10.7. The van der Waals surface area contributed by atoms with Crippen LogP contribution in [0.5, 0.6) is 0 Å². The van der Waals surface area contributed by atoms with Gasteiger partial charge in [0.05, 0.1) is 0 Å². The summed E-state index contributed by atoms with van der Waals surface area (Å²) in [5, 5.41) is 10.8. The minimum absolute atomic E-state index is 0.304. The van der Waals surface area contributed by atoms with Gasteiger partial charge in [0.25, 0.3) is 6.04 Å². The van der Waals surface area contributed by atoms with E-state index in [-0.39, 0.29) is 0 Å². The monoisotopic (exact) mass is 213 g/mol. The van der Waals surface area contributed by atoms with Crippen LogP contribution in [0.4, 0.5) is 0 Å². The number of rotatable bonds is 3. The lowest BCUT2D eigenvalue weighted by molar-refractivity contribution is -0.500. The van der Waals surface area contributed by atoms with Crippen LogP contribution in [0.15, 0.2) is 24.3 Å². The molecule has 0 radical (unpaired) electrons. The fourth-order valence-electron chi connectivity index (χ4n) is 0.951. The van der Waals surface area contributed by atoms with Crippen molar-refractivity contribution in [1.82, 2.24) is 0 Å². The van der Waals surface area contributed by atoms with Crippen LogP contribution in [-0.2, 0) is 0 Å². The number of hydrogen-bond donors (Lipinski definition) is 0. The van der Waals surface area contributed by atoms with E-state index in [2.05, 4.69) is 0 Å². The van der Waals surface area contributed by atoms with Crippen molar-refractivity contribution in [2.45, 2.75) is 13.0 Å². The van der Waals surface area contributed by atoms with Crippen LogP contribution in [0.25, 0.3) is 0 Å². The van der Waals surface area contributed by atoms with Crippen molar-refractivity contribution in [2.24, 2.45) is 0 Å². The molecule has 1 aromatic rings. The van der Waals surface area contributed by atoms with Gasteiger partial charge in [0.1, 0.15) is 0 Å². The number of halogens is 1. The Hall–Kier alpha value is -1.42. The minimum Gasteiger partial charge on any atom is -0.286 e. The van der Waals surface area contributed by atoms with Gasteiger partial charge in [-0.2, -0.15) is 0 Å². The lowest BCUT2D eigenvalue weighted by atomic mass is 10.1. The van der Waals surface area contributed by atoms with Gasteiger partial charge < -0.3 is 0 Å². The number of benzene rings is 1. The van der Waals surface area contributed by atoms with E-state index < -0.39 is 16.7 Å². The van der Waals surface area contributed by atoms with Crippen LogP contribution in [0, 0.1) is 10.1 Å². The van der Waals surface area contributed by atoms with Crippen LogP contribution in [0.3, 0.4) is 0 Å². The predicted molar refractivity (Wildman–Crippen MR) is 52.2 cm³/mol. The van der Waals surface area contributed by atoms with E-state index in [1.807, 2.05) is 0 Å². The Labute approximate surface area is 85.6 Å². The Balaban J connectivity index is 2.90. The van der Waals surface area contributed by atoms with Gasteiger partial charge in [0, 0.05) is 22.4 Å². The molecule has 0 N–H and O–H groups in total. The van der Waals surface area contributed by atoms with E-state index in [0.717, 1.165) is 0 Å². The van der Waals surface area contributed by atoms with Crippen molar-refractivity contribution in [3.05, 3.63) is 45.0 Å². The first-order chi connectivity index (χ1) is 6.52. The molecular weight excluding hydrogens is 206 g/mol. The average molecular weight is 214 g/mol. The van der Waals surface area contributed by atoms with Crippen molar-refractivity contribution in [2.75, 3.05) is 0 Å². The van der Waals surface area contributed by atoms with Crippen molar-refractivity contribution < 1.29 is 9.72 Å². The number of ketones is 1. The lowest BCUT2D eigenvalue weighted by Crippen LogP contribution is -2.25. The van der Waals surface area contributed by atoms with E-state index >= 15 is 0 Å². The summed E-state index contributed by atoms with van der Waals surface area (Å²) >= 11 is 5.61. The van der Waals surface area contributed by atoms with Gasteiger partial charge in [0.15, 0.2) is 0 Å². The highest BCUT2D eigenvalue weighted by atomic mass is 35.5. The molecule has 4 nitrogen and oxygen atoms in total. The summed E-state index contributed by atoms with van der Waals surface area (Å²) in [5.74, 6) is -0.508. The quantitative estimate of drug-likeness (QED) is 0.439. The number of hydrogen-bond acceptors (Lipinski definition) is 3. The molecule has 0 aliphatic heterocycles. The molecule has 1 atom stereocenters. The molecule has 0 bridgehead atoms. The minimum atomic E-state index is -1.21.